The Hall–Kier alpha value is -1.75. The highest BCUT2D eigenvalue weighted by Crippen LogP contribution is 2.40. The van der Waals surface area contributed by atoms with Crippen LogP contribution >= 0.6 is 34.8 Å². The van der Waals surface area contributed by atoms with Crippen molar-refractivity contribution >= 4 is 58.0 Å². The Bertz CT molecular complexity index is 790. The van der Waals surface area contributed by atoms with Crippen LogP contribution in [0.3, 0.4) is 0 Å². The van der Waals surface area contributed by atoms with Gasteiger partial charge in [-0.2, -0.15) is 0 Å². The molecule has 0 aromatic heterocycles. The van der Waals surface area contributed by atoms with Crippen molar-refractivity contribution in [1.82, 2.24) is 0 Å². The Morgan fingerprint density at radius 1 is 0.875 bits per heavy atom. The number of anilines is 2. The van der Waals surface area contributed by atoms with Crippen LogP contribution < -0.4 is 10.6 Å². The minimum Gasteiger partial charge on any atom is -0.326 e. The van der Waals surface area contributed by atoms with Gasteiger partial charge >= 0.3 is 0 Å². The predicted molar refractivity (Wildman–Crippen MR) is 96.8 cm³/mol. The number of carbonyl (C=O) groups excluding carboxylic acids is 2. The van der Waals surface area contributed by atoms with Crippen molar-refractivity contribution in [2.75, 3.05) is 10.6 Å². The van der Waals surface area contributed by atoms with Crippen molar-refractivity contribution in [1.29, 1.82) is 0 Å². The van der Waals surface area contributed by atoms with Gasteiger partial charge in [0.15, 0.2) is 0 Å². The first-order valence-corrected chi connectivity index (χ1v) is 8.40. The van der Waals surface area contributed by atoms with Crippen molar-refractivity contribution in [3.05, 3.63) is 57.5 Å². The average Bonchev–Trinajstić information content (AvgIpc) is 3.29. The SMILES string of the molecule is O=C(Nc1cc(Cl)cc(Cl)c1)C1CC1C(=O)Nc1ccccc1Cl. The molecule has 0 bridgehead atoms. The minimum absolute atomic E-state index is 0.215. The maximum absolute atomic E-state index is 12.2. The molecule has 3 rings (SSSR count). The fourth-order valence-electron chi connectivity index (χ4n) is 2.42. The molecule has 2 amide bonds. The Balaban J connectivity index is 1.59. The summed E-state index contributed by atoms with van der Waals surface area (Å²) in [7, 11) is 0. The van der Waals surface area contributed by atoms with Crippen LogP contribution in [0.15, 0.2) is 42.5 Å². The molecule has 2 aromatic carbocycles. The van der Waals surface area contributed by atoms with Gasteiger partial charge in [-0.15, -0.1) is 0 Å². The van der Waals surface area contributed by atoms with Gasteiger partial charge in [0.2, 0.25) is 11.8 Å². The fraction of sp³-hybridized carbons (Fsp3) is 0.176. The molecule has 0 spiro atoms. The molecule has 2 aromatic rings. The molecule has 2 atom stereocenters. The number of hydrogen-bond acceptors (Lipinski definition) is 2. The normalized spacial score (nSPS) is 18.8. The number of carbonyl (C=O) groups is 2. The number of benzene rings is 2. The topological polar surface area (TPSA) is 58.2 Å². The van der Waals surface area contributed by atoms with E-state index >= 15 is 0 Å². The lowest BCUT2D eigenvalue weighted by molar-refractivity contribution is -0.122. The van der Waals surface area contributed by atoms with E-state index in [9.17, 15) is 9.59 Å². The van der Waals surface area contributed by atoms with E-state index < -0.39 is 0 Å². The summed E-state index contributed by atoms with van der Waals surface area (Å²) < 4.78 is 0. The van der Waals surface area contributed by atoms with Crippen molar-refractivity contribution in [2.45, 2.75) is 6.42 Å². The Labute approximate surface area is 154 Å². The lowest BCUT2D eigenvalue weighted by Gasteiger charge is -2.08. The van der Waals surface area contributed by atoms with Crippen LogP contribution in [0.1, 0.15) is 6.42 Å². The van der Waals surface area contributed by atoms with Crippen molar-refractivity contribution in [3.8, 4) is 0 Å². The third-order valence-electron chi connectivity index (χ3n) is 3.73. The lowest BCUT2D eigenvalue weighted by Crippen LogP contribution is -2.20. The first-order valence-electron chi connectivity index (χ1n) is 7.26. The largest absolute Gasteiger partial charge is 0.326 e. The molecule has 1 fully saturated rings. The molecule has 24 heavy (non-hydrogen) atoms. The molecule has 1 aliphatic carbocycles. The van der Waals surface area contributed by atoms with E-state index in [1.165, 1.54) is 0 Å². The van der Waals surface area contributed by atoms with Crippen LogP contribution in [-0.4, -0.2) is 11.8 Å². The fourth-order valence-corrected chi connectivity index (χ4v) is 3.13. The van der Waals surface area contributed by atoms with E-state index in [1.54, 1.807) is 42.5 Å². The molecule has 4 nitrogen and oxygen atoms in total. The number of hydrogen-bond donors (Lipinski definition) is 2. The van der Waals surface area contributed by atoms with Gasteiger partial charge in [0, 0.05) is 15.7 Å². The average molecular weight is 384 g/mol. The van der Waals surface area contributed by atoms with E-state index in [0.29, 0.717) is 32.9 Å². The zero-order valence-electron chi connectivity index (χ0n) is 12.4. The standard InChI is InChI=1S/C17H13Cl3N2O2/c18-9-5-10(19)7-11(6-9)21-16(23)12-8-13(12)17(24)22-15-4-2-1-3-14(15)20/h1-7,12-13H,8H2,(H,21,23)(H,22,24). The lowest BCUT2D eigenvalue weighted by atomic mass is 10.2. The Morgan fingerprint density at radius 2 is 1.46 bits per heavy atom. The first kappa shape index (κ1) is 17.1. The van der Waals surface area contributed by atoms with Crippen molar-refractivity contribution < 1.29 is 9.59 Å². The van der Waals surface area contributed by atoms with E-state index in [2.05, 4.69) is 10.6 Å². The molecule has 0 radical (unpaired) electrons. The molecule has 2 N–H and O–H groups in total. The van der Waals surface area contributed by atoms with Gasteiger partial charge in [0.25, 0.3) is 0 Å². The Kier molecular flexibility index (Phi) is 4.99. The maximum atomic E-state index is 12.2. The van der Waals surface area contributed by atoms with Gasteiger partial charge in [-0.3, -0.25) is 9.59 Å². The highest BCUT2D eigenvalue weighted by atomic mass is 35.5. The van der Waals surface area contributed by atoms with Crippen LogP contribution in [0.5, 0.6) is 0 Å². The Morgan fingerprint density at radius 3 is 2.08 bits per heavy atom. The van der Waals surface area contributed by atoms with Crippen molar-refractivity contribution in [3.63, 3.8) is 0 Å². The van der Waals surface area contributed by atoms with Gasteiger partial charge in [-0.25, -0.2) is 0 Å². The molecular weight excluding hydrogens is 371 g/mol. The zero-order valence-corrected chi connectivity index (χ0v) is 14.6. The highest BCUT2D eigenvalue weighted by Gasteiger charge is 2.48. The van der Waals surface area contributed by atoms with Crippen LogP contribution in [0, 0.1) is 11.8 Å². The zero-order chi connectivity index (χ0) is 17.3. The van der Waals surface area contributed by atoms with Gasteiger partial charge in [0.1, 0.15) is 0 Å². The number of nitrogens with one attached hydrogen (secondary N) is 2. The molecule has 7 heteroatoms. The maximum Gasteiger partial charge on any atom is 0.228 e. The molecule has 1 saturated carbocycles. The van der Waals surface area contributed by atoms with E-state index in [1.807, 2.05) is 0 Å². The highest BCUT2D eigenvalue weighted by molar-refractivity contribution is 6.35. The molecule has 0 aliphatic heterocycles. The summed E-state index contributed by atoms with van der Waals surface area (Å²) in [6.45, 7) is 0. The van der Waals surface area contributed by atoms with E-state index in [4.69, 9.17) is 34.8 Å². The first-order chi connectivity index (χ1) is 11.4. The minimum atomic E-state index is -0.370. The summed E-state index contributed by atoms with van der Waals surface area (Å²) in [6, 6.07) is 11.8. The smallest absolute Gasteiger partial charge is 0.228 e. The number of halogens is 3. The summed E-state index contributed by atoms with van der Waals surface area (Å²) in [4.78, 5) is 24.4. The summed E-state index contributed by atoms with van der Waals surface area (Å²) in [5.41, 5.74) is 1.05. The third-order valence-corrected chi connectivity index (χ3v) is 4.49. The molecule has 0 saturated heterocycles. The molecule has 1 aliphatic rings. The summed E-state index contributed by atoms with van der Waals surface area (Å²) in [5, 5.41) is 6.80. The van der Waals surface area contributed by atoms with Gasteiger partial charge in [0.05, 0.1) is 22.5 Å². The van der Waals surface area contributed by atoms with Crippen LogP contribution in [0.4, 0.5) is 11.4 Å². The van der Waals surface area contributed by atoms with Gasteiger partial charge < -0.3 is 10.6 Å². The van der Waals surface area contributed by atoms with Crippen LogP contribution in [0.2, 0.25) is 15.1 Å². The second-order valence-corrected chi connectivity index (χ2v) is 6.85. The summed E-state index contributed by atoms with van der Waals surface area (Å²) >= 11 is 17.8. The number of para-hydroxylation sites is 1. The number of amides is 2. The third kappa shape index (κ3) is 4.01. The van der Waals surface area contributed by atoms with Gasteiger partial charge in [-0.1, -0.05) is 46.9 Å². The van der Waals surface area contributed by atoms with Gasteiger partial charge in [-0.05, 0) is 36.8 Å². The van der Waals surface area contributed by atoms with E-state index in [-0.39, 0.29) is 23.7 Å². The molecule has 2 unspecified atom stereocenters. The predicted octanol–water partition coefficient (Wildman–Crippen LogP) is 4.86. The second-order valence-electron chi connectivity index (χ2n) is 5.57. The quantitative estimate of drug-likeness (QED) is 0.792. The monoisotopic (exact) mass is 382 g/mol. The summed E-state index contributed by atoms with van der Waals surface area (Å²) in [6.07, 6.45) is 0.496. The molecule has 0 heterocycles. The summed E-state index contributed by atoms with van der Waals surface area (Å²) in [5.74, 6) is -1.18. The van der Waals surface area contributed by atoms with Crippen LogP contribution in [-0.2, 0) is 9.59 Å². The molecular formula is C17H13Cl3N2O2. The van der Waals surface area contributed by atoms with E-state index in [0.717, 1.165) is 0 Å². The second kappa shape index (κ2) is 7.01. The van der Waals surface area contributed by atoms with Crippen LogP contribution in [0.25, 0.3) is 0 Å². The number of rotatable bonds is 4. The van der Waals surface area contributed by atoms with Crippen molar-refractivity contribution in [2.24, 2.45) is 11.8 Å². The molecule has 124 valence electrons.